The summed E-state index contributed by atoms with van der Waals surface area (Å²) in [6.07, 6.45) is 0. The predicted molar refractivity (Wildman–Crippen MR) is 79.5 cm³/mol. The van der Waals surface area contributed by atoms with Gasteiger partial charge in [0.05, 0.1) is 0 Å². The van der Waals surface area contributed by atoms with Gasteiger partial charge >= 0.3 is 115 Å². The van der Waals surface area contributed by atoms with Crippen LogP contribution in [0.2, 0.25) is 14.8 Å². The molecule has 0 bridgehead atoms. The van der Waals surface area contributed by atoms with Crippen LogP contribution in [0.3, 0.4) is 0 Å². The number of hydrogen-bond acceptors (Lipinski definition) is 4. The molecule has 0 amide bonds. The summed E-state index contributed by atoms with van der Waals surface area (Å²) in [5.41, 5.74) is 0. The van der Waals surface area contributed by atoms with Gasteiger partial charge in [0.1, 0.15) is 0 Å². The molecule has 0 spiro atoms. The van der Waals surface area contributed by atoms with Crippen LogP contribution in [0, 0.1) is 6.92 Å². The molecule has 1 aromatic heterocycles. The molecule has 0 unspecified atom stereocenters. The van der Waals surface area contributed by atoms with Crippen LogP contribution in [-0.4, -0.2) is 66.5 Å². The van der Waals surface area contributed by atoms with Crippen molar-refractivity contribution in [1.82, 2.24) is 14.9 Å². The number of likely N-dealkylation sites (N-methyl/N-ethyl adjacent to an activating group) is 1. The van der Waals surface area contributed by atoms with E-state index in [1.54, 1.807) is 0 Å². The van der Waals surface area contributed by atoms with Crippen LogP contribution < -0.4 is 8.61 Å². The summed E-state index contributed by atoms with van der Waals surface area (Å²) in [6.45, 7) is 6.41. The molecular formula is C13H24N4Sn. The molecule has 4 nitrogen and oxygen atoms in total. The Morgan fingerprint density at radius 3 is 2.22 bits per heavy atom. The number of piperazine rings is 1. The molecular weight excluding hydrogens is 331 g/mol. The number of rotatable bonds is 2. The zero-order valence-electron chi connectivity index (χ0n) is 12.2. The molecule has 0 N–H and O–H groups in total. The first-order chi connectivity index (χ1) is 8.36. The van der Waals surface area contributed by atoms with Gasteiger partial charge in [-0.25, -0.2) is 0 Å². The molecule has 1 saturated heterocycles. The Hall–Kier alpha value is -0.361. The number of nitrogens with zero attached hydrogens (tertiary/aromatic N) is 4. The van der Waals surface area contributed by atoms with Crippen molar-refractivity contribution >= 4 is 27.9 Å². The van der Waals surface area contributed by atoms with E-state index in [0.717, 1.165) is 37.8 Å². The third kappa shape index (κ3) is 3.35. The van der Waals surface area contributed by atoms with Crippen LogP contribution in [0.15, 0.2) is 6.07 Å². The van der Waals surface area contributed by atoms with Crippen molar-refractivity contribution in [3.63, 3.8) is 0 Å². The second-order valence-electron chi connectivity index (χ2n) is 6.20. The fraction of sp³-hybridized carbons (Fsp3) is 0.692. The number of hydrogen-bond donors (Lipinski definition) is 0. The van der Waals surface area contributed by atoms with Crippen LogP contribution in [0.4, 0.5) is 5.82 Å². The minimum absolute atomic E-state index is 0.924. The van der Waals surface area contributed by atoms with Crippen molar-refractivity contribution in [2.75, 3.05) is 38.1 Å². The van der Waals surface area contributed by atoms with Gasteiger partial charge in [0.25, 0.3) is 0 Å². The molecule has 5 heteroatoms. The van der Waals surface area contributed by atoms with Crippen molar-refractivity contribution in [2.45, 2.75) is 21.7 Å². The zero-order valence-corrected chi connectivity index (χ0v) is 15.0. The fourth-order valence-electron chi connectivity index (χ4n) is 2.13. The molecule has 1 aliphatic rings. The van der Waals surface area contributed by atoms with Crippen LogP contribution in [0.1, 0.15) is 5.82 Å². The summed E-state index contributed by atoms with van der Waals surface area (Å²) >= 11 is -2.10. The Labute approximate surface area is 114 Å². The van der Waals surface area contributed by atoms with Crippen LogP contribution >= 0.6 is 0 Å². The molecule has 0 radical (unpaired) electrons. The topological polar surface area (TPSA) is 32.3 Å². The van der Waals surface area contributed by atoms with Crippen LogP contribution in [-0.2, 0) is 0 Å². The minimum atomic E-state index is -2.10. The normalized spacial score (nSPS) is 18.2. The first-order valence-electron chi connectivity index (χ1n) is 6.66. The molecule has 18 heavy (non-hydrogen) atoms. The van der Waals surface area contributed by atoms with Crippen molar-refractivity contribution in [3.8, 4) is 0 Å². The molecule has 2 heterocycles. The Kier molecular flexibility index (Phi) is 4.16. The predicted octanol–water partition coefficient (Wildman–Crippen LogP) is 1.08. The average Bonchev–Trinajstić information content (AvgIpc) is 2.28. The Balaban J connectivity index is 2.25. The fourth-order valence-corrected chi connectivity index (χ4v) is 5.16. The van der Waals surface area contributed by atoms with Crippen molar-refractivity contribution < 1.29 is 0 Å². The van der Waals surface area contributed by atoms with E-state index < -0.39 is 18.4 Å². The molecule has 100 valence electrons. The van der Waals surface area contributed by atoms with Crippen LogP contribution in [0.5, 0.6) is 0 Å². The van der Waals surface area contributed by atoms with Gasteiger partial charge in [-0.1, -0.05) is 0 Å². The van der Waals surface area contributed by atoms with E-state index in [4.69, 9.17) is 0 Å². The molecule has 0 aliphatic carbocycles. The van der Waals surface area contributed by atoms with Gasteiger partial charge in [0.2, 0.25) is 0 Å². The summed E-state index contributed by atoms with van der Waals surface area (Å²) in [7, 11) is 2.18. The third-order valence-electron chi connectivity index (χ3n) is 3.42. The van der Waals surface area contributed by atoms with Gasteiger partial charge in [0.15, 0.2) is 0 Å². The second kappa shape index (κ2) is 5.33. The second-order valence-corrected chi connectivity index (χ2v) is 20.5. The third-order valence-corrected chi connectivity index (χ3v) is 8.54. The quantitative estimate of drug-likeness (QED) is 0.744. The first-order valence-corrected chi connectivity index (χ1v) is 16.6. The molecule has 1 fully saturated rings. The summed E-state index contributed by atoms with van der Waals surface area (Å²) in [5.74, 6) is 2.06. The molecule has 1 aromatic rings. The van der Waals surface area contributed by atoms with E-state index in [1.807, 2.05) is 6.92 Å². The number of aromatic nitrogens is 2. The van der Waals surface area contributed by atoms with Gasteiger partial charge in [0, 0.05) is 0 Å². The average molecular weight is 355 g/mol. The Morgan fingerprint density at radius 1 is 1.06 bits per heavy atom. The summed E-state index contributed by atoms with van der Waals surface area (Å²) in [6, 6.07) is 2.24. The van der Waals surface area contributed by atoms with Gasteiger partial charge in [-0.3, -0.25) is 0 Å². The molecule has 2 rings (SSSR count). The van der Waals surface area contributed by atoms with E-state index in [0.29, 0.717) is 0 Å². The summed E-state index contributed by atoms with van der Waals surface area (Å²) in [5, 5.41) is 0. The molecule has 0 atom stereocenters. The van der Waals surface area contributed by atoms with E-state index in [1.165, 1.54) is 3.71 Å². The van der Waals surface area contributed by atoms with Crippen molar-refractivity contribution in [1.29, 1.82) is 0 Å². The van der Waals surface area contributed by atoms with Gasteiger partial charge in [-0.15, -0.1) is 0 Å². The SMILES string of the molecule is Cc1nc(N2CCN(C)CC2)c[c]([Sn]([CH3])([CH3])[CH3])n1. The van der Waals surface area contributed by atoms with Crippen molar-refractivity contribution in [2.24, 2.45) is 0 Å². The first kappa shape index (κ1) is 14.1. The van der Waals surface area contributed by atoms with E-state index >= 15 is 0 Å². The van der Waals surface area contributed by atoms with Gasteiger partial charge in [-0.05, 0) is 0 Å². The standard InChI is InChI=1S/C10H15N4.3CH3.Sn/c1-9-11-4-3-10(12-9)14-7-5-13(2)6-8-14;;;;/h3H,5-8H2,1-2H3;3*1H3;. The maximum absolute atomic E-state index is 4.66. The van der Waals surface area contributed by atoms with Gasteiger partial charge in [-0.2, -0.15) is 0 Å². The van der Waals surface area contributed by atoms with Gasteiger partial charge < -0.3 is 0 Å². The Morgan fingerprint density at radius 2 is 1.67 bits per heavy atom. The Bertz CT molecular complexity index is 419. The van der Waals surface area contributed by atoms with E-state index in [9.17, 15) is 0 Å². The monoisotopic (exact) mass is 356 g/mol. The molecule has 1 aliphatic heterocycles. The number of anilines is 1. The van der Waals surface area contributed by atoms with E-state index in [-0.39, 0.29) is 0 Å². The summed E-state index contributed by atoms with van der Waals surface area (Å²) < 4.78 is 1.34. The van der Waals surface area contributed by atoms with Crippen molar-refractivity contribution in [3.05, 3.63) is 11.9 Å². The molecule has 0 aromatic carbocycles. The maximum atomic E-state index is 4.66. The van der Waals surface area contributed by atoms with Crippen LogP contribution in [0.25, 0.3) is 0 Å². The summed E-state index contributed by atoms with van der Waals surface area (Å²) in [4.78, 5) is 21.3. The zero-order chi connectivity index (χ0) is 13.3. The van der Waals surface area contributed by atoms with E-state index in [2.05, 4.69) is 47.7 Å². The number of aryl methyl sites for hydroxylation is 1. The molecule has 0 saturated carbocycles.